The molecule has 2 aliphatic heterocycles. The number of ether oxygens (including phenoxy) is 1. The summed E-state index contributed by atoms with van der Waals surface area (Å²) < 4.78 is 5.42. The average molecular weight is 437 g/mol. The molecule has 2 fully saturated rings. The van der Waals surface area contributed by atoms with E-state index in [-0.39, 0.29) is 17.4 Å². The van der Waals surface area contributed by atoms with Gasteiger partial charge in [-0.15, -0.1) is 0 Å². The fourth-order valence-corrected chi connectivity index (χ4v) is 4.18. The summed E-state index contributed by atoms with van der Waals surface area (Å²) in [5.41, 5.74) is 0.511. The number of carbonyl (C=O) groups is 2. The Bertz CT molecular complexity index is 737. The summed E-state index contributed by atoms with van der Waals surface area (Å²) in [5.74, 6) is 0.0296. The van der Waals surface area contributed by atoms with E-state index in [0.717, 1.165) is 39.3 Å². The van der Waals surface area contributed by atoms with Crippen LogP contribution in [0.5, 0.6) is 0 Å². The van der Waals surface area contributed by atoms with Gasteiger partial charge in [-0.25, -0.2) is 0 Å². The number of hydrogen-bond acceptors (Lipinski definition) is 5. The SMILES string of the molecule is CC(C)(CNC(=O)CN1CCCN(C(=O)c2cccc(Cl)c2)CC1)N1CCOCC1. The van der Waals surface area contributed by atoms with Gasteiger partial charge in [-0.1, -0.05) is 17.7 Å². The van der Waals surface area contributed by atoms with Gasteiger partial charge in [0.1, 0.15) is 0 Å². The lowest BCUT2D eigenvalue weighted by atomic mass is 10.0. The van der Waals surface area contributed by atoms with Crippen LogP contribution in [0.4, 0.5) is 0 Å². The van der Waals surface area contributed by atoms with Crippen molar-refractivity contribution in [2.24, 2.45) is 0 Å². The van der Waals surface area contributed by atoms with Crippen LogP contribution in [0.15, 0.2) is 24.3 Å². The molecule has 2 saturated heterocycles. The van der Waals surface area contributed by atoms with E-state index in [1.807, 2.05) is 4.90 Å². The molecule has 0 unspecified atom stereocenters. The Hall–Kier alpha value is -1.67. The number of hydrogen-bond donors (Lipinski definition) is 1. The van der Waals surface area contributed by atoms with Crippen molar-refractivity contribution in [2.45, 2.75) is 25.8 Å². The maximum atomic E-state index is 12.8. The van der Waals surface area contributed by atoms with Gasteiger partial charge < -0.3 is 15.0 Å². The molecule has 0 saturated carbocycles. The lowest BCUT2D eigenvalue weighted by Crippen LogP contribution is -2.56. The molecule has 0 aromatic heterocycles. The van der Waals surface area contributed by atoms with E-state index in [0.29, 0.717) is 43.3 Å². The average Bonchev–Trinajstić information content (AvgIpc) is 2.98. The second-order valence-corrected chi connectivity index (χ2v) is 9.06. The van der Waals surface area contributed by atoms with Crippen LogP contribution in [0, 0.1) is 0 Å². The van der Waals surface area contributed by atoms with Crippen molar-refractivity contribution in [1.82, 2.24) is 20.0 Å². The molecule has 166 valence electrons. The zero-order valence-corrected chi connectivity index (χ0v) is 18.8. The number of nitrogens with zero attached hydrogens (tertiary/aromatic N) is 3. The normalized spacial score (nSPS) is 19.4. The molecule has 0 aliphatic carbocycles. The third-order valence-corrected chi connectivity index (χ3v) is 6.13. The second kappa shape index (κ2) is 10.6. The van der Waals surface area contributed by atoms with Crippen LogP contribution in [0.1, 0.15) is 30.6 Å². The van der Waals surface area contributed by atoms with Gasteiger partial charge in [0.2, 0.25) is 5.91 Å². The Kier molecular flexibility index (Phi) is 8.11. The van der Waals surface area contributed by atoms with Gasteiger partial charge >= 0.3 is 0 Å². The highest BCUT2D eigenvalue weighted by molar-refractivity contribution is 6.30. The number of carbonyl (C=O) groups excluding carboxylic acids is 2. The summed E-state index contributed by atoms with van der Waals surface area (Å²) >= 11 is 6.02. The van der Waals surface area contributed by atoms with E-state index in [1.54, 1.807) is 24.3 Å². The van der Waals surface area contributed by atoms with E-state index in [4.69, 9.17) is 16.3 Å². The fraction of sp³-hybridized carbons (Fsp3) is 0.636. The minimum Gasteiger partial charge on any atom is -0.379 e. The van der Waals surface area contributed by atoms with Gasteiger partial charge in [0.05, 0.1) is 19.8 Å². The van der Waals surface area contributed by atoms with Crippen LogP contribution < -0.4 is 5.32 Å². The van der Waals surface area contributed by atoms with E-state index >= 15 is 0 Å². The zero-order valence-electron chi connectivity index (χ0n) is 18.0. The summed E-state index contributed by atoms with van der Waals surface area (Å²) in [4.78, 5) is 31.6. The smallest absolute Gasteiger partial charge is 0.253 e. The molecule has 3 rings (SSSR count). The highest BCUT2D eigenvalue weighted by atomic mass is 35.5. The summed E-state index contributed by atoms with van der Waals surface area (Å²) in [6, 6.07) is 7.06. The number of nitrogens with one attached hydrogen (secondary N) is 1. The van der Waals surface area contributed by atoms with Crippen LogP contribution in [-0.2, 0) is 9.53 Å². The van der Waals surface area contributed by atoms with E-state index in [1.165, 1.54) is 0 Å². The summed E-state index contributed by atoms with van der Waals surface area (Å²) in [6.07, 6.45) is 0.846. The summed E-state index contributed by atoms with van der Waals surface area (Å²) in [7, 11) is 0. The molecule has 2 aliphatic rings. The number of amides is 2. The topological polar surface area (TPSA) is 65.1 Å². The van der Waals surface area contributed by atoms with E-state index in [2.05, 4.69) is 29.0 Å². The van der Waals surface area contributed by atoms with Crippen molar-refractivity contribution in [1.29, 1.82) is 0 Å². The first kappa shape index (κ1) is 23.0. The lowest BCUT2D eigenvalue weighted by molar-refractivity contribution is -0.123. The first-order valence-electron chi connectivity index (χ1n) is 10.7. The van der Waals surface area contributed by atoms with E-state index in [9.17, 15) is 9.59 Å². The third-order valence-electron chi connectivity index (χ3n) is 5.90. The Labute approximate surface area is 184 Å². The molecule has 2 amide bonds. The molecule has 1 aromatic rings. The van der Waals surface area contributed by atoms with Crippen molar-refractivity contribution in [3.63, 3.8) is 0 Å². The molecule has 1 aromatic carbocycles. The lowest BCUT2D eigenvalue weighted by Gasteiger charge is -2.41. The zero-order chi connectivity index (χ0) is 21.6. The van der Waals surface area contributed by atoms with Crippen LogP contribution >= 0.6 is 11.6 Å². The molecule has 0 bridgehead atoms. The first-order chi connectivity index (χ1) is 14.3. The van der Waals surface area contributed by atoms with E-state index < -0.39 is 0 Å². The third kappa shape index (κ3) is 6.41. The second-order valence-electron chi connectivity index (χ2n) is 8.62. The number of morpholine rings is 1. The van der Waals surface area contributed by atoms with Crippen molar-refractivity contribution in [2.75, 3.05) is 65.6 Å². The van der Waals surface area contributed by atoms with Crippen LogP contribution in [0.3, 0.4) is 0 Å². The summed E-state index contributed by atoms with van der Waals surface area (Å²) in [5, 5.41) is 3.66. The predicted octanol–water partition coefficient (Wildman–Crippen LogP) is 1.71. The Morgan fingerprint density at radius 3 is 2.60 bits per heavy atom. The highest BCUT2D eigenvalue weighted by Gasteiger charge is 2.29. The fourth-order valence-electron chi connectivity index (χ4n) is 3.99. The quantitative estimate of drug-likeness (QED) is 0.735. The predicted molar refractivity (Wildman–Crippen MR) is 118 cm³/mol. The molecular weight excluding hydrogens is 404 g/mol. The Morgan fingerprint density at radius 1 is 1.10 bits per heavy atom. The number of halogens is 1. The van der Waals surface area contributed by atoms with Crippen molar-refractivity contribution in [3.05, 3.63) is 34.9 Å². The number of rotatable bonds is 6. The maximum Gasteiger partial charge on any atom is 0.253 e. The maximum absolute atomic E-state index is 12.8. The summed E-state index contributed by atoms with van der Waals surface area (Å²) in [6.45, 7) is 11.4. The van der Waals surface area contributed by atoms with Crippen molar-refractivity contribution < 1.29 is 14.3 Å². The minimum absolute atomic E-state index is 0.00365. The van der Waals surface area contributed by atoms with Gasteiger partial charge in [-0.3, -0.25) is 19.4 Å². The first-order valence-corrected chi connectivity index (χ1v) is 11.1. The molecule has 1 N–H and O–H groups in total. The van der Waals surface area contributed by atoms with Crippen LogP contribution in [0.25, 0.3) is 0 Å². The monoisotopic (exact) mass is 436 g/mol. The van der Waals surface area contributed by atoms with Gasteiger partial charge in [0.15, 0.2) is 0 Å². The number of benzene rings is 1. The largest absolute Gasteiger partial charge is 0.379 e. The minimum atomic E-state index is -0.0988. The van der Waals surface area contributed by atoms with Gasteiger partial charge in [-0.2, -0.15) is 0 Å². The molecule has 2 heterocycles. The molecular formula is C22H33ClN4O3. The Balaban J connectivity index is 1.45. The van der Waals surface area contributed by atoms with Crippen molar-refractivity contribution in [3.8, 4) is 0 Å². The van der Waals surface area contributed by atoms with Crippen LogP contribution in [-0.4, -0.2) is 97.6 Å². The molecule has 0 atom stereocenters. The van der Waals surface area contributed by atoms with Gasteiger partial charge in [0, 0.05) is 61.9 Å². The molecule has 0 radical (unpaired) electrons. The Morgan fingerprint density at radius 2 is 1.87 bits per heavy atom. The highest BCUT2D eigenvalue weighted by Crippen LogP contribution is 2.16. The van der Waals surface area contributed by atoms with Gasteiger partial charge in [-0.05, 0) is 38.5 Å². The standard InChI is InChI=1S/C22H33ClN4O3/c1-22(2,27-11-13-30-14-12-27)17-24-20(28)16-25-7-4-8-26(10-9-25)21(29)18-5-3-6-19(23)15-18/h3,5-6,15H,4,7-14,16-17H2,1-2H3,(H,24,28). The molecule has 0 spiro atoms. The van der Waals surface area contributed by atoms with Crippen LogP contribution in [0.2, 0.25) is 5.02 Å². The molecule has 30 heavy (non-hydrogen) atoms. The van der Waals surface area contributed by atoms with Gasteiger partial charge in [0.25, 0.3) is 5.91 Å². The molecule has 8 heteroatoms. The molecule has 7 nitrogen and oxygen atoms in total. The van der Waals surface area contributed by atoms with Crippen molar-refractivity contribution >= 4 is 23.4 Å².